The molecule has 0 atom stereocenters. The SMILES string of the molecule is C=C(/C=C\C(=C/C)n1nc(CCCCCC)cc1C(C)C)OC(F)F. The standard InChI is InChI=1S/C20H30F2N2O/c1-6-8-9-10-11-17-14-19(15(3)4)24(23-17)18(7-2)13-12-16(5)25-20(21)22/h7,12-15,20H,5-6,8-11H2,1-4H3/b13-12-,18-7+. The monoisotopic (exact) mass is 352 g/mol. The summed E-state index contributed by atoms with van der Waals surface area (Å²) in [5, 5.41) is 4.72. The van der Waals surface area contributed by atoms with Gasteiger partial charge in [-0.1, -0.05) is 52.7 Å². The van der Waals surface area contributed by atoms with Crippen LogP contribution in [0.25, 0.3) is 5.70 Å². The highest BCUT2D eigenvalue weighted by molar-refractivity contribution is 5.58. The number of hydrogen-bond donors (Lipinski definition) is 0. The van der Waals surface area contributed by atoms with Crippen molar-refractivity contribution in [3.63, 3.8) is 0 Å². The first-order valence-electron chi connectivity index (χ1n) is 8.96. The number of alkyl halides is 2. The Morgan fingerprint density at radius 2 is 2.00 bits per heavy atom. The lowest BCUT2D eigenvalue weighted by atomic mass is 10.1. The zero-order valence-corrected chi connectivity index (χ0v) is 15.8. The van der Waals surface area contributed by atoms with Gasteiger partial charge < -0.3 is 4.74 Å². The Bertz CT molecular complexity index is 601. The Kier molecular flexibility index (Phi) is 9.17. The molecule has 0 saturated carbocycles. The first kappa shape index (κ1) is 21.1. The number of ether oxygens (including phenoxy) is 1. The van der Waals surface area contributed by atoms with Gasteiger partial charge in [-0.3, -0.25) is 0 Å². The summed E-state index contributed by atoms with van der Waals surface area (Å²) in [6, 6.07) is 2.14. The Morgan fingerprint density at radius 1 is 1.28 bits per heavy atom. The third-order valence-electron chi connectivity index (χ3n) is 3.89. The van der Waals surface area contributed by atoms with Gasteiger partial charge in [0.05, 0.1) is 11.4 Å². The van der Waals surface area contributed by atoms with Crippen molar-refractivity contribution in [1.29, 1.82) is 0 Å². The Hall–Kier alpha value is -1.91. The lowest BCUT2D eigenvalue weighted by Crippen LogP contribution is -2.05. The molecule has 0 saturated heterocycles. The topological polar surface area (TPSA) is 27.1 Å². The van der Waals surface area contributed by atoms with Gasteiger partial charge in [-0.25, -0.2) is 4.68 Å². The van der Waals surface area contributed by atoms with E-state index in [4.69, 9.17) is 5.10 Å². The number of unbranched alkanes of at least 4 members (excludes halogenated alkanes) is 3. The third kappa shape index (κ3) is 7.24. The molecule has 0 spiro atoms. The number of hydrogen-bond acceptors (Lipinski definition) is 2. The molecule has 3 nitrogen and oxygen atoms in total. The fraction of sp³-hybridized carbons (Fsp3) is 0.550. The van der Waals surface area contributed by atoms with Crippen LogP contribution in [0.3, 0.4) is 0 Å². The van der Waals surface area contributed by atoms with Crippen LogP contribution in [0.5, 0.6) is 0 Å². The van der Waals surface area contributed by atoms with E-state index in [1.54, 1.807) is 6.08 Å². The summed E-state index contributed by atoms with van der Waals surface area (Å²) in [4.78, 5) is 0. The molecular weight excluding hydrogens is 322 g/mol. The molecule has 0 aromatic carbocycles. The minimum absolute atomic E-state index is 0.0765. The molecule has 1 heterocycles. The summed E-state index contributed by atoms with van der Waals surface area (Å²) in [5.74, 6) is 0.230. The van der Waals surface area contributed by atoms with Crippen molar-refractivity contribution < 1.29 is 13.5 Å². The maximum Gasteiger partial charge on any atom is 0.387 e. The van der Waals surface area contributed by atoms with Gasteiger partial charge in [0.15, 0.2) is 0 Å². The van der Waals surface area contributed by atoms with Crippen LogP contribution in [-0.2, 0) is 11.2 Å². The molecule has 1 aromatic heterocycles. The summed E-state index contributed by atoms with van der Waals surface area (Å²) >= 11 is 0. The van der Waals surface area contributed by atoms with Crippen molar-refractivity contribution >= 4 is 5.70 Å². The third-order valence-corrected chi connectivity index (χ3v) is 3.89. The average molecular weight is 352 g/mol. The molecule has 140 valence electrons. The van der Waals surface area contributed by atoms with Crippen LogP contribution in [0.4, 0.5) is 8.78 Å². The molecule has 5 heteroatoms. The van der Waals surface area contributed by atoms with Crippen LogP contribution < -0.4 is 0 Å². The van der Waals surface area contributed by atoms with Crippen LogP contribution in [-0.4, -0.2) is 16.4 Å². The summed E-state index contributed by atoms with van der Waals surface area (Å²) in [6.07, 6.45) is 10.8. The van der Waals surface area contributed by atoms with Gasteiger partial charge >= 0.3 is 6.61 Å². The molecule has 0 fully saturated rings. The predicted octanol–water partition coefficient (Wildman–Crippen LogP) is 6.30. The van der Waals surface area contributed by atoms with Gasteiger partial charge in [-0.05, 0) is 43.9 Å². The second kappa shape index (κ2) is 10.9. The average Bonchev–Trinajstić information content (AvgIpc) is 2.96. The van der Waals surface area contributed by atoms with E-state index >= 15 is 0 Å². The summed E-state index contributed by atoms with van der Waals surface area (Å²) < 4.78 is 30.6. The van der Waals surface area contributed by atoms with Crippen molar-refractivity contribution in [2.75, 3.05) is 0 Å². The summed E-state index contributed by atoms with van der Waals surface area (Å²) in [6.45, 7) is 8.92. The van der Waals surface area contributed by atoms with E-state index in [1.165, 1.54) is 25.3 Å². The van der Waals surface area contributed by atoms with Crippen molar-refractivity contribution in [1.82, 2.24) is 9.78 Å². The number of allylic oxidation sites excluding steroid dienone is 4. The number of aromatic nitrogens is 2. The van der Waals surface area contributed by atoms with Crippen molar-refractivity contribution in [3.05, 3.63) is 48.0 Å². The van der Waals surface area contributed by atoms with Gasteiger partial charge in [0.2, 0.25) is 0 Å². The first-order chi connectivity index (χ1) is 11.9. The van der Waals surface area contributed by atoms with Gasteiger partial charge in [0.1, 0.15) is 5.76 Å². The minimum Gasteiger partial charge on any atom is -0.435 e. The van der Waals surface area contributed by atoms with Crippen LogP contribution in [0, 0.1) is 0 Å². The molecule has 0 N–H and O–H groups in total. The van der Waals surface area contributed by atoms with Crippen LogP contribution in [0.1, 0.15) is 70.7 Å². The van der Waals surface area contributed by atoms with E-state index in [2.05, 4.69) is 38.2 Å². The summed E-state index contributed by atoms with van der Waals surface area (Å²) in [5.41, 5.74) is 2.97. The number of halogens is 2. The van der Waals surface area contributed by atoms with E-state index in [0.29, 0.717) is 5.92 Å². The zero-order chi connectivity index (χ0) is 18.8. The molecule has 0 radical (unpaired) electrons. The Labute approximate surface area is 150 Å². The molecular formula is C20H30F2N2O. The van der Waals surface area contributed by atoms with E-state index in [1.807, 2.05) is 17.7 Å². The van der Waals surface area contributed by atoms with E-state index < -0.39 is 6.61 Å². The van der Waals surface area contributed by atoms with Crippen molar-refractivity contribution in [3.8, 4) is 0 Å². The Morgan fingerprint density at radius 3 is 2.56 bits per heavy atom. The van der Waals surface area contributed by atoms with Crippen LogP contribution in [0.2, 0.25) is 0 Å². The van der Waals surface area contributed by atoms with Crippen LogP contribution in [0.15, 0.2) is 36.6 Å². The van der Waals surface area contributed by atoms with Gasteiger partial charge in [0.25, 0.3) is 0 Å². The molecule has 0 bridgehead atoms. The zero-order valence-electron chi connectivity index (χ0n) is 15.8. The predicted molar refractivity (Wildman–Crippen MR) is 99.5 cm³/mol. The molecule has 0 aliphatic heterocycles. The summed E-state index contributed by atoms with van der Waals surface area (Å²) in [7, 11) is 0. The number of aryl methyl sites for hydroxylation is 1. The molecule has 0 aliphatic carbocycles. The minimum atomic E-state index is -2.86. The molecule has 1 rings (SSSR count). The highest BCUT2D eigenvalue weighted by Crippen LogP contribution is 2.22. The number of rotatable bonds is 11. The van der Waals surface area contributed by atoms with E-state index in [9.17, 15) is 8.78 Å². The van der Waals surface area contributed by atoms with E-state index in [0.717, 1.165) is 29.9 Å². The quantitative estimate of drug-likeness (QED) is 0.265. The number of nitrogens with zero attached hydrogens (tertiary/aromatic N) is 2. The van der Waals surface area contributed by atoms with Crippen molar-refractivity contribution in [2.45, 2.75) is 72.3 Å². The highest BCUT2D eigenvalue weighted by Gasteiger charge is 2.13. The normalized spacial score (nSPS) is 12.6. The highest BCUT2D eigenvalue weighted by atomic mass is 19.3. The molecule has 1 aromatic rings. The second-order valence-electron chi connectivity index (χ2n) is 6.33. The molecule has 0 aliphatic rings. The van der Waals surface area contributed by atoms with E-state index in [-0.39, 0.29) is 5.76 Å². The fourth-order valence-electron chi connectivity index (χ4n) is 2.54. The maximum absolute atomic E-state index is 12.2. The lowest BCUT2D eigenvalue weighted by molar-refractivity contribution is -0.0915. The largest absolute Gasteiger partial charge is 0.435 e. The van der Waals surface area contributed by atoms with Crippen molar-refractivity contribution in [2.24, 2.45) is 0 Å². The maximum atomic E-state index is 12.2. The van der Waals surface area contributed by atoms with Gasteiger partial charge in [-0.15, -0.1) is 0 Å². The van der Waals surface area contributed by atoms with Gasteiger partial charge in [0, 0.05) is 5.69 Å². The van der Waals surface area contributed by atoms with Gasteiger partial charge in [-0.2, -0.15) is 13.9 Å². The van der Waals surface area contributed by atoms with Crippen LogP contribution >= 0.6 is 0 Å². The fourth-order valence-corrected chi connectivity index (χ4v) is 2.54. The smallest absolute Gasteiger partial charge is 0.387 e. The Balaban J connectivity index is 2.93. The lowest BCUT2D eigenvalue weighted by Gasteiger charge is -2.11. The first-order valence-corrected chi connectivity index (χ1v) is 8.96. The molecule has 0 amide bonds. The second-order valence-corrected chi connectivity index (χ2v) is 6.33. The molecule has 25 heavy (non-hydrogen) atoms. The molecule has 0 unspecified atom stereocenters.